The van der Waals surface area contributed by atoms with Crippen molar-refractivity contribution in [1.82, 2.24) is 10.2 Å². The third kappa shape index (κ3) is 2.46. The third-order valence-electron chi connectivity index (χ3n) is 4.08. The molecule has 1 N–H and O–H groups in total. The molecule has 3 unspecified atom stereocenters. The molecule has 2 fully saturated rings. The van der Waals surface area contributed by atoms with Crippen molar-refractivity contribution in [3.8, 4) is 0 Å². The van der Waals surface area contributed by atoms with E-state index in [-0.39, 0.29) is 17.9 Å². The molecule has 2 amide bonds. The highest BCUT2D eigenvalue weighted by Gasteiger charge is 2.47. The first-order chi connectivity index (χ1) is 9.69. The molecule has 20 heavy (non-hydrogen) atoms. The average molecular weight is 270 g/mol. The molecule has 3 atom stereocenters. The topological polar surface area (TPSA) is 49.4 Å². The number of carbonyl (C=O) groups is 2. The lowest BCUT2D eigenvalue weighted by Gasteiger charge is -2.17. The first-order valence-electron chi connectivity index (χ1n) is 6.96. The Morgan fingerprint density at radius 1 is 1.35 bits per heavy atom. The molecule has 4 heteroatoms. The van der Waals surface area contributed by atoms with Crippen LogP contribution in [0, 0.1) is 0 Å². The highest BCUT2D eigenvalue weighted by atomic mass is 16.2. The van der Waals surface area contributed by atoms with Gasteiger partial charge >= 0.3 is 0 Å². The Morgan fingerprint density at radius 3 is 2.80 bits per heavy atom. The van der Waals surface area contributed by atoms with Crippen LogP contribution in [-0.4, -0.2) is 35.3 Å². The van der Waals surface area contributed by atoms with Crippen molar-refractivity contribution < 1.29 is 9.59 Å². The summed E-state index contributed by atoms with van der Waals surface area (Å²) in [7, 11) is 0. The molecule has 0 radical (unpaired) electrons. The normalized spacial score (nSPS) is 28.3. The molecule has 1 heterocycles. The number of nitrogens with zero attached hydrogens (tertiary/aromatic N) is 1. The number of rotatable bonds is 4. The maximum absolute atomic E-state index is 12.1. The van der Waals surface area contributed by atoms with Gasteiger partial charge in [-0.15, -0.1) is 0 Å². The molecule has 1 aromatic rings. The van der Waals surface area contributed by atoms with E-state index in [2.05, 4.69) is 24.0 Å². The summed E-state index contributed by atoms with van der Waals surface area (Å²) >= 11 is 0. The molecule has 104 valence electrons. The van der Waals surface area contributed by atoms with Gasteiger partial charge in [-0.25, -0.2) is 0 Å². The highest BCUT2D eigenvalue weighted by Crippen LogP contribution is 2.45. The second-order valence-corrected chi connectivity index (χ2v) is 5.48. The summed E-state index contributed by atoms with van der Waals surface area (Å²) in [4.78, 5) is 25.3. The average Bonchev–Trinajstić information content (AvgIpc) is 3.18. The zero-order valence-corrected chi connectivity index (χ0v) is 11.3. The molecule has 2 aliphatic rings. The molecule has 0 bridgehead atoms. The van der Waals surface area contributed by atoms with E-state index in [1.807, 2.05) is 23.1 Å². The number of hydrogen-bond acceptors (Lipinski definition) is 2. The minimum atomic E-state index is -0.208. The van der Waals surface area contributed by atoms with Crippen molar-refractivity contribution in [3.05, 3.63) is 48.6 Å². The lowest BCUT2D eigenvalue weighted by Crippen LogP contribution is -2.36. The summed E-state index contributed by atoms with van der Waals surface area (Å²) < 4.78 is 0. The van der Waals surface area contributed by atoms with E-state index in [1.54, 1.807) is 0 Å². The summed E-state index contributed by atoms with van der Waals surface area (Å²) in [6.07, 6.45) is 2.67. The van der Waals surface area contributed by atoms with E-state index < -0.39 is 0 Å². The maximum Gasteiger partial charge on any atom is 0.243 e. The van der Waals surface area contributed by atoms with Gasteiger partial charge in [0.05, 0.1) is 6.04 Å². The van der Waals surface area contributed by atoms with Crippen LogP contribution >= 0.6 is 0 Å². The van der Waals surface area contributed by atoms with Crippen LogP contribution in [0.4, 0.5) is 0 Å². The van der Waals surface area contributed by atoms with E-state index in [9.17, 15) is 9.59 Å². The minimum absolute atomic E-state index is 0.0787. The predicted octanol–water partition coefficient (Wildman–Crippen LogP) is 1.45. The van der Waals surface area contributed by atoms with E-state index in [4.69, 9.17) is 0 Å². The molecular weight excluding hydrogens is 252 g/mol. The Morgan fingerprint density at radius 2 is 2.10 bits per heavy atom. The van der Waals surface area contributed by atoms with Gasteiger partial charge in [0.15, 0.2) is 0 Å². The van der Waals surface area contributed by atoms with Gasteiger partial charge in [-0.1, -0.05) is 36.9 Å². The maximum atomic E-state index is 12.1. The number of benzene rings is 1. The van der Waals surface area contributed by atoms with Crippen molar-refractivity contribution in [1.29, 1.82) is 0 Å². The first kappa shape index (κ1) is 12.9. The second kappa shape index (κ2) is 5.12. The van der Waals surface area contributed by atoms with Gasteiger partial charge in [0, 0.05) is 24.9 Å². The number of likely N-dealkylation sites (tertiary alicyclic amines) is 1. The molecule has 1 aromatic carbocycles. The first-order valence-corrected chi connectivity index (χ1v) is 6.96. The number of nitrogens with one attached hydrogen (secondary N) is 1. The van der Waals surface area contributed by atoms with E-state index in [1.165, 1.54) is 11.6 Å². The molecule has 0 aromatic heterocycles. The fraction of sp³-hybridized carbons (Fsp3) is 0.375. The van der Waals surface area contributed by atoms with E-state index in [0.717, 1.165) is 6.42 Å². The highest BCUT2D eigenvalue weighted by molar-refractivity contribution is 5.88. The third-order valence-corrected chi connectivity index (χ3v) is 4.08. The summed E-state index contributed by atoms with van der Waals surface area (Å²) in [6, 6.07) is 10.5. The van der Waals surface area contributed by atoms with Gasteiger partial charge in [-0.2, -0.15) is 0 Å². The standard InChI is InChI=1S/C16H18N2O2/c1-2-15(19)17-12-8-16(20)18(10-12)14-9-13(14)11-6-4-3-5-7-11/h2-7,12-14H,1,8-10H2,(H,17,19). The molecule has 1 saturated carbocycles. The van der Waals surface area contributed by atoms with Crippen molar-refractivity contribution in [2.24, 2.45) is 0 Å². The van der Waals surface area contributed by atoms with Crippen LogP contribution in [-0.2, 0) is 9.59 Å². The SMILES string of the molecule is C=CC(=O)NC1CC(=O)N(C2CC2c2ccccc2)C1. The largest absolute Gasteiger partial charge is 0.348 e. The Balaban J connectivity index is 1.61. The van der Waals surface area contributed by atoms with Gasteiger partial charge in [-0.05, 0) is 18.1 Å². The number of amides is 2. The molecule has 0 spiro atoms. The molecule has 1 aliphatic carbocycles. The Kier molecular flexibility index (Phi) is 3.30. The van der Waals surface area contributed by atoms with Crippen LogP contribution in [0.3, 0.4) is 0 Å². The smallest absolute Gasteiger partial charge is 0.243 e. The van der Waals surface area contributed by atoms with Crippen LogP contribution < -0.4 is 5.32 Å². The predicted molar refractivity (Wildman–Crippen MR) is 76.0 cm³/mol. The van der Waals surface area contributed by atoms with Gasteiger partial charge < -0.3 is 10.2 Å². The summed E-state index contributed by atoms with van der Waals surface area (Å²) in [5, 5.41) is 2.81. The zero-order chi connectivity index (χ0) is 14.1. The number of hydrogen-bond donors (Lipinski definition) is 1. The van der Waals surface area contributed by atoms with Crippen molar-refractivity contribution in [3.63, 3.8) is 0 Å². The fourth-order valence-corrected chi connectivity index (χ4v) is 2.99. The van der Waals surface area contributed by atoms with Crippen molar-refractivity contribution in [2.45, 2.75) is 30.8 Å². The van der Waals surface area contributed by atoms with Crippen LogP contribution in [0.5, 0.6) is 0 Å². The van der Waals surface area contributed by atoms with Crippen molar-refractivity contribution >= 4 is 11.8 Å². The van der Waals surface area contributed by atoms with Crippen molar-refractivity contribution in [2.75, 3.05) is 6.54 Å². The van der Waals surface area contributed by atoms with Crippen LogP contribution in [0.2, 0.25) is 0 Å². The Hall–Kier alpha value is -2.10. The fourth-order valence-electron chi connectivity index (χ4n) is 2.99. The summed E-state index contributed by atoms with van der Waals surface area (Å²) in [5.74, 6) is 0.386. The van der Waals surface area contributed by atoms with Gasteiger partial charge in [0.25, 0.3) is 0 Å². The second-order valence-electron chi connectivity index (χ2n) is 5.48. The minimum Gasteiger partial charge on any atom is -0.348 e. The quantitative estimate of drug-likeness (QED) is 0.842. The van der Waals surface area contributed by atoms with Crippen LogP contribution in [0.1, 0.15) is 24.3 Å². The monoisotopic (exact) mass is 270 g/mol. The Bertz CT molecular complexity index is 541. The molecule has 1 saturated heterocycles. The molecule has 1 aliphatic heterocycles. The molecular formula is C16H18N2O2. The summed E-state index contributed by atoms with van der Waals surface area (Å²) in [5.41, 5.74) is 1.30. The zero-order valence-electron chi connectivity index (χ0n) is 11.3. The number of carbonyl (C=O) groups excluding carboxylic acids is 2. The molecule has 4 nitrogen and oxygen atoms in total. The van der Waals surface area contributed by atoms with Crippen LogP contribution in [0.15, 0.2) is 43.0 Å². The summed E-state index contributed by atoms with van der Waals surface area (Å²) in [6.45, 7) is 4.05. The molecule has 3 rings (SSSR count). The van der Waals surface area contributed by atoms with Crippen LogP contribution in [0.25, 0.3) is 0 Å². The lowest BCUT2D eigenvalue weighted by atomic mass is 10.1. The van der Waals surface area contributed by atoms with E-state index in [0.29, 0.717) is 24.9 Å². The Labute approximate surface area is 118 Å². The van der Waals surface area contributed by atoms with Gasteiger partial charge in [0.1, 0.15) is 0 Å². The van der Waals surface area contributed by atoms with E-state index >= 15 is 0 Å². The van der Waals surface area contributed by atoms with Gasteiger partial charge in [0.2, 0.25) is 11.8 Å². The lowest BCUT2D eigenvalue weighted by molar-refractivity contribution is -0.128. The van der Waals surface area contributed by atoms with Gasteiger partial charge in [-0.3, -0.25) is 9.59 Å².